The molecular weight excluding hydrogens is 190 g/mol. The zero-order chi connectivity index (χ0) is 10.8. The third-order valence-electron chi connectivity index (χ3n) is 2.32. The van der Waals surface area contributed by atoms with E-state index in [1.165, 1.54) is 0 Å². The van der Waals surface area contributed by atoms with Crippen LogP contribution in [0.1, 0.15) is 24.4 Å². The number of aliphatic hydroxyl groups is 1. The van der Waals surface area contributed by atoms with Crippen LogP contribution in [0, 0.1) is 6.92 Å². The third-order valence-corrected chi connectivity index (χ3v) is 2.32. The van der Waals surface area contributed by atoms with Crippen LogP contribution < -0.4 is 0 Å². The Morgan fingerprint density at radius 3 is 2.73 bits per heavy atom. The number of aromatic nitrogens is 3. The molecule has 0 bridgehead atoms. The highest BCUT2D eigenvalue weighted by Crippen LogP contribution is 2.19. The topological polar surface area (TPSA) is 50.9 Å². The number of imidazole rings is 1. The lowest BCUT2D eigenvalue weighted by Crippen LogP contribution is -2.05. The molecular formula is C11H13N3O. The van der Waals surface area contributed by atoms with Gasteiger partial charge in [-0.1, -0.05) is 6.07 Å². The quantitative estimate of drug-likeness (QED) is 0.807. The predicted molar refractivity (Wildman–Crippen MR) is 56.7 cm³/mol. The van der Waals surface area contributed by atoms with Gasteiger partial charge in [0.2, 0.25) is 0 Å². The maximum atomic E-state index is 9.62. The van der Waals surface area contributed by atoms with Crippen molar-refractivity contribution in [2.24, 2.45) is 0 Å². The molecule has 1 atom stereocenters. The summed E-state index contributed by atoms with van der Waals surface area (Å²) in [7, 11) is 0. The van der Waals surface area contributed by atoms with Crippen LogP contribution in [0.15, 0.2) is 30.7 Å². The molecule has 1 unspecified atom stereocenters. The largest absolute Gasteiger partial charge is 0.389 e. The maximum Gasteiger partial charge on any atom is 0.143 e. The van der Waals surface area contributed by atoms with Crippen LogP contribution in [0.25, 0.3) is 5.82 Å². The van der Waals surface area contributed by atoms with Crippen molar-refractivity contribution in [3.05, 3.63) is 42.1 Å². The summed E-state index contributed by atoms with van der Waals surface area (Å²) in [5, 5.41) is 9.62. The molecule has 0 saturated heterocycles. The zero-order valence-corrected chi connectivity index (χ0v) is 8.75. The first-order valence-corrected chi connectivity index (χ1v) is 4.83. The average Bonchev–Trinajstić information content (AvgIpc) is 2.64. The van der Waals surface area contributed by atoms with Crippen molar-refractivity contribution >= 4 is 0 Å². The van der Waals surface area contributed by atoms with E-state index in [4.69, 9.17) is 0 Å². The number of aliphatic hydroxyl groups excluding tert-OH is 1. The van der Waals surface area contributed by atoms with Gasteiger partial charge >= 0.3 is 0 Å². The molecule has 0 aliphatic rings. The van der Waals surface area contributed by atoms with Gasteiger partial charge in [-0.15, -0.1) is 0 Å². The average molecular weight is 203 g/mol. The highest BCUT2D eigenvalue weighted by atomic mass is 16.3. The number of rotatable bonds is 2. The van der Waals surface area contributed by atoms with E-state index in [1.54, 1.807) is 19.3 Å². The molecule has 15 heavy (non-hydrogen) atoms. The number of hydrogen-bond acceptors (Lipinski definition) is 3. The summed E-state index contributed by atoms with van der Waals surface area (Å²) in [5.74, 6) is 1.60. The Morgan fingerprint density at radius 2 is 2.13 bits per heavy atom. The maximum absolute atomic E-state index is 9.62. The van der Waals surface area contributed by atoms with Gasteiger partial charge in [0.15, 0.2) is 0 Å². The first-order chi connectivity index (χ1) is 7.20. The molecule has 0 aliphatic carbocycles. The molecule has 2 rings (SSSR count). The molecule has 0 saturated carbocycles. The monoisotopic (exact) mass is 203 g/mol. The molecule has 0 amide bonds. The minimum atomic E-state index is -0.532. The van der Waals surface area contributed by atoms with Crippen LogP contribution >= 0.6 is 0 Å². The van der Waals surface area contributed by atoms with Gasteiger partial charge in [0.25, 0.3) is 0 Å². The molecule has 0 fully saturated rings. The van der Waals surface area contributed by atoms with E-state index in [1.807, 2.05) is 29.8 Å². The molecule has 0 aliphatic heterocycles. The van der Waals surface area contributed by atoms with Crippen molar-refractivity contribution in [2.45, 2.75) is 20.0 Å². The molecule has 2 aromatic rings. The normalized spacial score (nSPS) is 12.7. The van der Waals surface area contributed by atoms with Crippen molar-refractivity contribution in [1.82, 2.24) is 14.5 Å². The van der Waals surface area contributed by atoms with Crippen molar-refractivity contribution in [3.8, 4) is 5.82 Å². The number of aryl methyl sites for hydroxylation is 1. The van der Waals surface area contributed by atoms with E-state index in [9.17, 15) is 5.11 Å². The number of pyridine rings is 1. The van der Waals surface area contributed by atoms with Crippen LogP contribution in [-0.2, 0) is 0 Å². The van der Waals surface area contributed by atoms with Crippen LogP contribution in [0.4, 0.5) is 0 Å². The highest BCUT2D eigenvalue weighted by Gasteiger charge is 2.11. The van der Waals surface area contributed by atoms with Gasteiger partial charge in [-0.25, -0.2) is 9.97 Å². The molecule has 1 N–H and O–H groups in total. The summed E-state index contributed by atoms with van der Waals surface area (Å²) in [6.07, 6.45) is 4.73. The fourth-order valence-corrected chi connectivity index (χ4v) is 1.54. The summed E-state index contributed by atoms with van der Waals surface area (Å²) in [4.78, 5) is 8.40. The Hall–Kier alpha value is -1.68. The van der Waals surface area contributed by atoms with Crippen molar-refractivity contribution < 1.29 is 5.11 Å². The van der Waals surface area contributed by atoms with Gasteiger partial charge < -0.3 is 5.11 Å². The lowest BCUT2D eigenvalue weighted by Gasteiger charge is -2.11. The predicted octanol–water partition coefficient (Wildman–Crippen LogP) is 1.63. The number of hydrogen-bond donors (Lipinski definition) is 1. The fourth-order valence-electron chi connectivity index (χ4n) is 1.54. The van der Waals surface area contributed by atoms with E-state index in [2.05, 4.69) is 9.97 Å². The van der Waals surface area contributed by atoms with Gasteiger partial charge in [0.1, 0.15) is 11.6 Å². The Kier molecular flexibility index (Phi) is 2.51. The van der Waals surface area contributed by atoms with Crippen molar-refractivity contribution in [2.75, 3.05) is 0 Å². The Morgan fingerprint density at radius 1 is 1.33 bits per heavy atom. The summed E-state index contributed by atoms with van der Waals surface area (Å²) >= 11 is 0. The lowest BCUT2D eigenvalue weighted by molar-refractivity contribution is 0.198. The molecule has 0 aromatic carbocycles. The SMILES string of the molecule is Cc1nccn1-c1ncccc1C(C)O. The van der Waals surface area contributed by atoms with Gasteiger partial charge in [-0.05, 0) is 19.9 Å². The van der Waals surface area contributed by atoms with Crippen LogP contribution in [0.2, 0.25) is 0 Å². The molecule has 78 valence electrons. The van der Waals surface area contributed by atoms with Crippen LogP contribution in [-0.4, -0.2) is 19.6 Å². The smallest absolute Gasteiger partial charge is 0.143 e. The Labute approximate surface area is 88.2 Å². The second-order valence-corrected chi connectivity index (χ2v) is 3.44. The lowest BCUT2D eigenvalue weighted by atomic mass is 10.1. The van der Waals surface area contributed by atoms with E-state index in [0.29, 0.717) is 0 Å². The van der Waals surface area contributed by atoms with Crippen LogP contribution in [0.5, 0.6) is 0 Å². The fraction of sp³-hybridized carbons (Fsp3) is 0.273. The van der Waals surface area contributed by atoms with E-state index < -0.39 is 6.10 Å². The van der Waals surface area contributed by atoms with Crippen molar-refractivity contribution in [1.29, 1.82) is 0 Å². The van der Waals surface area contributed by atoms with Crippen LogP contribution in [0.3, 0.4) is 0 Å². The molecule has 0 radical (unpaired) electrons. The third kappa shape index (κ3) is 1.76. The van der Waals surface area contributed by atoms with E-state index in [0.717, 1.165) is 17.2 Å². The van der Waals surface area contributed by atoms with Crippen molar-refractivity contribution in [3.63, 3.8) is 0 Å². The second kappa shape index (κ2) is 3.82. The first-order valence-electron chi connectivity index (χ1n) is 4.83. The van der Waals surface area contributed by atoms with Gasteiger partial charge in [0.05, 0.1) is 6.10 Å². The molecule has 4 heteroatoms. The summed E-state index contributed by atoms with van der Waals surface area (Å²) in [6, 6.07) is 3.68. The minimum Gasteiger partial charge on any atom is -0.389 e. The van der Waals surface area contributed by atoms with Gasteiger partial charge in [-0.2, -0.15) is 0 Å². The minimum absolute atomic E-state index is 0.532. The second-order valence-electron chi connectivity index (χ2n) is 3.44. The Bertz CT molecular complexity index is 462. The van der Waals surface area contributed by atoms with E-state index >= 15 is 0 Å². The molecule has 2 heterocycles. The number of nitrogens with zero attached hydrogens (tertiary/aromatic N) is 3. The first kappa shape index (κ1) is 9.86. The molecule has 2 aromatic heterocycles. The van der Waals surface area contributed by atoms with E-state index in [-0.39, 0.29) is 0 Å². The standard InChI is InChI=1S/C11H13N3O/c1-8(15)10-4-3-5-13-11(10)14-7-6-12-9(14)2/h3-8,15H,1-2H3. The highest BCUT2D eigenvalue weighted by molar-refractivity contribution is 5.36. The zero-order valence-electron chi connectivity index (χ0n) is 8.75. The molecule has 4 nitrogen and oxygen atoms in total. The summed E-state index contributed by atoms with van der Waals surface area (Å²) in [6.45, 7) is 3.63. The molecule has 0 spiro atoms. The van der Waals surface area contributed by atoms with Gasteiger partial charge in [-0.3, -0.25) is 4.57 Å². The summed E-state index contributed by atoms with van der Waals surface area (Å²) in [5.41, 5.74) is 0.804. The summed E-state index contributed by atoms with van der Waals surface area (Å²) < 4.78 is 1.86. The Balaban J connectivity index is 2.58. The van der Waals surface area contributed by atoms with Gasteiger partial charge in [0, 0.05) is 24.2 Å².